The molecule has 0 saturated carbocycles. The van der Waals surface area contributed by atoms with Gasteiger partial charge in [0, 0.05) is 12.6 Å². The highest BCUT2D eigenvalue weighted by Gasteiger charge is 2.17. The van der Waals surface area contributed by atoms with Crippen LogP contribution in [0.3, 0.4) is 0 Å². The first-order valence-corrected chi connectivity index (χ1v) is 5.91. The molecule has 0 aromatic heterocycles. The highest BCUT2D eigenvalue weighted by atomic mass is 19.1. The Morgan fingerprint density at radius 1 is 1.35 bits per heavy atom. The van der Waals surface area contributed by atoms with Crippen molar-refractivity contribution in [3.05, 3.63) is 35.1 Å². The number of Topliss-reactive ketones (excluding diaryl/α,β-unsaturated/α-hetero) is 1. The monoisotopic (exact) mass is 237 g/mol. The third kappa shape index (κ3) is 4.27. The molecule has 0 radical (unpaired) electrons. The zero-order valence-electron chi connectivity index (χ0n) is 10.9. The molecular weight excluding hydrogens is 217 g/mol. The fourth-order valence-corrected chi connectivity index (χ4v) is 1.82. The minimum absolute atomic E-state index is 0.0585. The van der Waals surface area contributed by atoms with Crippen LogP contribution in [0.2, 0.25) is 0 Å². The summed E-state index contributed by atoms with van der Waals surface area (Å²) in [4.78, 5) is 11.6. The lowest BCUT2D eigenvalue weighted by Gasteiger charge is -2.17. The molecule has 0 saturated heterocycles. The van der Waals surface area contributed by atoms with E-state index in [2.05, 4.69) is 5.32 Å². The van der Waals surface area contributed by atoms with Gasteiger partial charge in [0.1, 0.15) is 11.6 Å². The number of carbonyl (C=O) groups excluding carboxylic acids is 1. The van der Waals surface area contributed by atoms with E-state index >= 15 is 0 Å². The van der Waals surface area contributed by atoms with Crippen LogP contribution in [0.1, 0.15) is 37.8 Å². The van der Waals surface area contributed by atoms with Crippen LogP contribution < -0.4 is 5.32 Å². The zero-order valence-corrected chi connectivity index (χ0v) is 10.9. The SMILES string of the molecule is CC(=O)[C@H](CNC(C)C)c1cc(C)cc(F)c1. The number of carbonyl (C=O) groups is 1. The normalized spacial score (nSPS) is 12.8. The summed E-state index contributed by atoms with van der Waals surface area (Å²) in [6.07, 6.45) is 0. The van der Waals surface area contributed by atoms with Gasteiger partial charge in [0.2, 0.25) is 0 Å². The summed E-state index contributed by atoms with van der Waals surface area (Å²) in [5, 5.41) is 3.22. The van der Waals surface area contributed by atoms with Gasteiger partial charge in [-0.05, 0) is 37.1 Å². The second-order valence-corrected chi connectivity index (χ2v) is 4.79. The van der Waals surface area contributed by atoms with E-state index in [0.717, 1.165) is 11.1 Å². The summed E-state index contributed by atoms with van der Waals surface area (Å²) in [6.45, 7) is 7.98. The average molecular weight is 237 g/mol. The van der Waals surface area contributed by atoms with E-state index in [9.17, 15) is 9.18 Å². The number of ketones is 1. The molecule has 2 nitrogen and oxygen atoms in total. The van der Waals surface area contributed by atoms with Gasteiger partial charge in [0.25, 0.3) is 0 Å². The van der Waals surface area contributed by atoms with Gasteiger partial charge in [0.15, 0.2) is 0 Å². The summed E-state index contributed by atoms with van der Waals surface area (Å²) in [6, 6.07) is 5.10. The van der Waals surface area contributed by atoms with E-state index in [1.54, 1.807) is 6.92 Å². The number of hydrogen-bond acceptors (Lipinski definition) is 2. The number of benzene rings is 1. The minimum Gasteiger partial charge on any atom is -0.313 e. The summed E-state index contributed by atoms with van der Waals surface area (Å²) in [5.41, 5.74) is 1.60. The van der Waals surface area contributed by atoms with Crippen LogP contribution in [0.25, 0.3) is 0 Å². The van der Waals surface area contributed by atoms with Crippen LogP contribution in [0.15, 0.2) is 18.2 Å². The van der Waals surface area contributed by atoms with Gasteiger partial charge in [-0.2, -0.15) is 0 Å². The number of rotatable bonds is 5. The maximum absolute atomic E-state index is 13.3. The molecule has 1 aromatic carbocycles. The Labute approximate surface area is 102 Å². The lowest BCUT2D eigenvalue weighted by molar-refractivity contribution is -0.118. The van der Waals surface area contributed by atoms with E-state index < -0.39 is 0 Å². The molecule has 0 heterocycles. The Morgan fingerprint density at radius 3 is 2.47 bits per heavy atom. The molecule has 0 amide bonds. The van der Waals surface area contributed by atoms with Crippen molar-refractivity contribution >= 4 is 5.78 Å². The molecule has 1 N–H and O–H groups in total. The van der Waals surface area contributed by atoms with Crippen LogP contribution in [-0.2, 0) is 4.79 Å². The molecule has 3 heteroatoms. The van der Waals surface area contributed by atoms with E-state index in [4.69, 9.17) is 0 Å². The highest BCUT2D eigenvalue weighted by molar-refractivity contribution is 5.83. The van der Waals surface area contributed by atoms with Gasteiger partial charge in [-0.1, -0.05) is 19.9 Å². The van der Waals surface area contributed by atoms with Crippen molar-refractivity contribution in [3.8, 4) is 0 Å². The molecule has 0 unspecified atom stereocenters. The molecule has 1 atom stereocenters. The maximum Gasteiger partial charge on any atom is 0.138 e. The molecule has 17 heavy (non-hydrogen) atoms. The predicted molar refractivity (Wildman–Crippen MR) is 67.7 cm³/mol. The summed E-state index contributed by atoms with van der Waals surface area (Å²) >= 11 is 0. The topological polar surface area (TPSA) is 29.1 Å². The Morgan fingerprint density at radius 2 is 2.00 bits per heavy atom. The van der Waals surface area contributed by atoms with Gasteiger partial charge in [-0.3, -0.25) is 4.79 Å². The van der Waals surface area contributed by atoms with Crippen LogP contribution in [0.5, 0.6) is 0 Å². The van der Waals surface area contributed by atoms with Crippen LogP contribution in [0.4, 0.5) is 4.39 Å². The van der Waals surface area contributed by atoms with Gasteiger partial charge in [0.05, 0.1) is 5.92 Å². The van der Waals surface area contributed by atoms with E-state index in [1.165, 1.54) is 12.1 Å². The van der Waals surface area contributed by atoms with Crippen LogP contribution >= 0.6 is 0 Å². The van der Waals surface area contributed by atoms with Crippen molar-refractivity contribution in [3.63, 3.8) is 0 Å². The molecule has 1 aromatic rings. The lowest BCUT2D eigenvalue weighted by atomic mass is 9.93. The van der Waals surface area contributed by atoms with Crippen LogP contribution in [0, 0.1) is 12.7 Å². The summed E-state index contributed by atoms with van der Waals surface area (Å²) < 4.78 is 13.3. The number of aryl methyl sites for hydroxylation is 1. The highest BCUT2D eigenvalue weighted by Crippen LogP contribution is 2.19. The van der Waals surface area contributed by atoms with Gasteiger partial charge >= 0.3 is 0 Å². The second kappa shape index (κ2) is 5.92. The van der Waals surface area contributed by atoms with Gasteiger partial charge in [-0.25, -0.2) is 4.39 Å². The van der Waals surface area contributed by atoms with Crippen LogP contribution in [-0.4, -0.2) is 18.4 Å². The summed E-state index contributed by atoms with van der Waals surface area (Å²) in [5.74, 6) is -0.495. The van der Waals surface area contributed by atoms with Crippen molar-refractivity contribution in [1.29, 1.82) is 0 Å². The molecule has 0 spiro atoms. The molecule has 0 bridgehead atoms. The van der Waals surface area contributed by atoms with Crippen molar-refractivity contribution in [2.45, 2.75) is 39.7 Å². The first-order valence-electron chi connectivity index (χ1n) is 5.91. The van der Waals surface area contributed by atoms with Crippen molar-refractivity contribution in [1.82, 2.24) is 5.32 Å². The predicted octanol–water partition coefficient (Wildman–Crippen LogP) is 2.80. The van der Waals surface area contributed by atoms with E-state index in [0.29, 0.717) is 12.6 Å². The minimum atomic E-state index is -0.282. The van der Waals surface area contributed by atoms with Crippen molar-refractivity contribution in [2.24, 2.45) is 0 Å². The Kier molecular flexibility index (Phi) is 4.82. The van der Waals surface area contributed by atoms with E-state index in [-0.39, 0.29) is 17.5 Å². The first-order chi connectivity index (χ1) is 7.90. The van der Waals surface area contributed by atoms with Gasteiger partial charge in [-0.15, -0.1) is 0 Å². The Bertz CT molecular complexity index is 381. The van der Waals surface area contributed by atoms with Crippen molar-refractivity contribution in [2.75, 3.05) is 6.54 Å². The number of hydrogen-bond donors (Lipinski definition) is 1. The molecular formula is C14H20FNO. The second-order valence-electron chi connectivity index (χ2n) is 4.79. The molecule has 94 valence electrons. The fourth-order valence-electron chi connectivity index (χ4n) is 1.82. The first kappa shape index (κ1) is 13.8. The summed E-state index contributed by atoms with van der Waals surface area (Å²) in [7, 11) is 0. The molecule has 0 aliphatic rings. The molecule has 0 aliphatic carbocycles. The van der Waals surface area contributed by atoms with Gasteiger partial charge < -0.3 is 5.32 Å². The van der Waals surface area contributed by atoms with E-state index in [1.807, 2.05) is 26.8 Å². The number of nitrogens with one attached hydrogen (secondary N) is 1. The quantitative estimate of drug-likeness (QED) is 0.853. The fraction of sp³-hybridized carbons (Fsp3) is 0.500. The lowest BCUT2D eigenvalue weighted by Crippen LogP contribution is -2.30. The molecule has 1 rings (SSSR count). The maximum atomic E-state index is 13.3. The third-order valence-electron chi connectivity index (χ3n) is 2.69. The largest absolute Gasteiger partial charge is 0.313 e. The Balaban J connectivity index is 2.93. The van der Waals surface area contributed by atoms with Crippen molar-refractivity contribution < 1.29 is 9.18 Å². The zero-order chi connectivity index (χ0) is 13.0. The molecule has 0 fully saturated rings. The number of halogens is 1. The molecule has 0 aliphatic heterocycles. The third-order valence-corrected chi connectivity index (χ3v) is 2.69. The smallest absolute Gasteiger partial charge is 0.138 e. The standard InChI is InChI=1S/C14H20FNO/c1-9(2)16-8-14(11(4)17)12-5-10(3)6-13(15)7-12/h5-7,9,14,16H,8H2,1-4H3/t14-/m0/s1. The average Bonchev–Trinajstić information content (AvgIpc) is 2.14. The Hall–Kier alpha value is -1.22.